The number of aliphatic hydroxyl groups excluding tert-OH is 1. The van der Waals surface area contributed by atoms with E-state index in [-0.39, 0.29) is 104 Å². The molecule has 33 nitrogen and oxygen atoms in total. The number of amides is 4. The van der Waals surface area contributed by atoms with Crippen molar-refractivity contribution in [2.45, 2.75) is 112 Å². The minimum atomic E-state index is -1.00. The number of aliphatic hydroxyl groups is 1. The van der Waals surface area contributed by atoms with E-state index >= 15 is 0 Å². The Morgan fingerprint density at radius 2 is 0.528 bits per heavy atom. The number of hydrogen-bond acceptors (Lipinski definition) is 29. The quantitative estimate of drug-likeness (QED) is 0.0349. The Morgan fingerprint density at radius 3 is 0.701 bits per heavy atom. The maximum atomic E-state index is 13.3. The molecule has 668 valence electrons. The number of aliphatic carboxylic acids is 4. The Kier molecular flexibility index (Phi) is 32.4. The summed E-state index contributed by atoms with van der Waals surface area (Å²) >= 11 is 25.4. The molecule has 0 spiro atoms. The summed E-state index contributed by atoms with van der Waals surface area (Å²) < 4.78 is 7.03. The van der Waals surface area contributed by atoms with Crippen LogP contribution in [0.2, 0.25) is 0 Å². The Balaban J connectivity index is 0.000000152. The molecule has 0 aromatic carbocycles. The lowest BCUT2D eigenvalue weighted by Gasteiger charge is -2.32. The van der Waals surface area contributed by atoms with Gasteiger partial charge in [0.25, 0.3) is 45.9 Å². The second kappa shape index (κ2) is 43.3. The summed E-state index contributed by atoms with van der Waals surface area (Å²) in [6.45, 7) is 17.1. The van der Waals surface area contributed by atoms with Gasteiger partial charge in [0.2, 0.25) is 0 Å². The van der Waals surface area contributed by atoms with Gasteiger partial charge in [0, 0.05) is 110 Å². The number of pyridine rings is 4. The van der Waals surface area contributed by atoms with Crippen molar-refractivity contribution in [3.05, 3.63) is 181 Å². The molecule has 41 heteroatoms. The highest BCUT2D eigenvalue weighted by Crippen LogP contribution is 2.40. The summed E-state index contributed by atoms with van der Waals surface area (Å²) in [4.78, 5) is 182. The third kappa shape index (κ3) is 23.0. The molecule has 8 saturated heterocycles. The molecule has 0 bridgehead atoms. The minimum absolute atomic E-state index is 0.00314. The summed E-state index contributed by atoms with van der Waals surface area (Å²) in [5, 5.41) is 43.3. The molecule has 8 aromatic heterocycles. The van der Waals surface area contributed by atoms with Gasteiger partial charge in [0.05, 0.1) is 67.6 Å². The Bertz CT molecular complexity index is 5360. The van der Waals surface area contributed by atoms with E-state index in [1.807, 2.05) is 24.3 Å². The molecular formula is C86H94N16O17S8. The number of piperidine rings is 4. The minimum Gasteiger partial charge on any atom is -0.481 e. The number of thioether (sulfide) groups is 4. The van der Waals surface area contributed by atoms with Crippen molar-refractivity contribution in [3.8, 4) is 0 Å². The molecule has 8 aliphatic heterocycles. The highest BCUT2D eigenvalue weighted by molar-refractivity contribution is 8.28. The fourth-order valence-electron chi connectivity index (χ4n) is 14.8. The Labute approximate surface area is 767 Å². The number of thiocarbonyl (C=S) groups is 4. The second-order valence-electron chi connectivity index (χ2n) is 31.2. The van der Waals surface area contributed by atoms with Gasteiger partial charge in [-0.15, -0.1) is 0 Å². The van der Waals surface area contributed by atoms with Crippen LogP contribution in [0, 0.1) is 23.7 Å². The van der Waals surface area contributed by atoms with Gasteiger partial charge in [-0.1, -0.05) is 148 Å². The normalized spacial score (nSPS) is 18.8. The van der Waals surface area contributed by atoms with Gasteiger partial charge in [-0.05, 0) is 155 Å². The molecule has 16 rings (SSSR count). The van der Waals surface area contributed by atoms with E-state index in [1.165, 1.54) is 37.2 Å². The van der Waals surface area contributed by atoms with Crippen LogP contribution in [0.15, 0.2) is 136 Å². The zero-order valence-electron chi connectivity index (χ0n) is 70.1. The summed E-state index contributed by atoms with van der Waals surface area (Å²) in [5.74, 6) is -0.799. The lowest BCUT2D eigenvalue weighted by Crippen LogP contribution is -2.36. The van der Waals surface area contributed by atoms with Gasteiger partial charge in [0.1, 0.15) is 63.1 Å². The maximum Gasteiger partial charge on any atom is 0.305 e. The molecule has 16 heterocycles. The smallest absolute Gasteiger partial charge is 0.305 e. The van der Waals surface area contributed by atoms with E-state index in [2.05, 4.69) is 47.3 Å². The topological polar surface area (TPSA) is 401 Å². The van der Waals surface area contributed by atoms with Gasteiger partial charge in [-0.3, -0.25) is 94.7 Å². The summed E-state index contributed by atoms with van der Waals surface area (Å²) in [6.07, 6.45) is 20.1. The number of carbonyl (C=O) groups is 8. The van der Waals surface area contributed by atoms with Crippen LogP contribution in [-0.4, -0.2) is 233 Å². The number of rotatable bonds is 20. The molecule has 8 aromatic rings. The molecule has 0 aliphatic carbocycles. The van der Waals surface area contributed by atoms with E-state index in [0.717, 1.165) is 151 Å². The van der Waals surface area contributed by atoms with Crippen LogP contribution < -0.4 is 41.8 Å². The molecule has 8 fully saturated rings. The van der Waals surface area contributed by atoms with E-state index in [1.54, 1.807) is 105 Å². The van der Waals surface area contributed by atoms with Crippen LogP contribution in [0.4, 0.5) is 23.3 Å². The molecule has 4 amide bonds. The number of carboxylic acid groups (broad SMARTS) is 4. The van der Waals surface area contributed by atoms with Crippen LogP contribution >= 0.6 is 95.9 Å². The van der Waals surface area contributed by atoms with Crippen molar-refractivity contribution in [2.24, 2.45) is 23.7 Å². The zero-order chi connectivity index (χ0) is 91.2. The molecule has 0 unspecified atom stereocenters. The lowest BCUT2D eigenvalue weighted by atomic mass is 9.99. The first-order chi connectivity index (χ1) is 60.8. The number of aromatic nitrogens is 8. The number of fused-ring (bicyclic) bond motifs is 4. The van der Waals surface area contributed by atoms with Crippen LogP contribution in [0.5, 0.6) is 0 Å². The number of hydrogen-bond donors (Lipinski definition) is 5. The number of carbonyl (C=O) groups excluding carboxylic acids is 4. The molecule has 5 N–H and O–H groups in total. The van der Waals surface area contributed by atoms with Crippen molar-refractivity contribution in [3.63, 3.8) is 0 Å². The zero-order valence-corrected chi connectivity index (χ0v) is 76.6. The van der Waals surface area contributed by atoms with Crippen LogP contribution in [-0.2, 0) is 38.4 Å². The van der Waals surface area contributed by atoms with Gasteiger partial charge < -0.3 is 45.1 Å². The molecule has 0 atom stereocenters. The molecule has 8 aliphatic rings. The monoisotopic (exact) mass is 1880 g/mol. The van der Waals surface area contributed by atoms with E-state index in [9.17, 15) is 57.5 Å². The largest absolute Gasteiger partial charge is 0.481 e. The van der Waals surface area contributed by atoms with Gasteiger partial charge in [0.15, 0.2) is 0 Å². The second-order valence-corrected chi connectivity index (χ2v) is 37.9. The van der Waals surface area contributed by atoms with E-state index < -0.39 is 23.9 Å². The Hall–Kier alpha value is -10.9. The predicted octanol–water partition coefficient (Wildman–Crippen LogP) is 10.4. The summed E-state index contributed by atoms with van der Waals surface area (Å²) in [6, 6.07) is 21.5. The van der Waals surface area contributed by atoms with Crippen molar-refractivity contribution in [1.29, 1.82) is 0 Å². The van der Waals surface area contributed by atoms with Gasteiger partial charge in [-0.2, -0.15) is 0 Å². The average Bonchev–Trinajstić information content (AvgIpc) is 1.75. The highest BCUT2D eigenvalue weighted by atomic mass is 32.2. The highest BCUT2D eigenvalue weighted by Gasteiger charge is 2.39. The van der Waals surface area contributed by atoms with Crippen LogP contribution in [0.3, 0.4) is 0 Å². The van der Waals surface area contributed by atoms with Crippen molar-refractivity contribution in [2.75, 3.05) is 105 Å². The van der Waals surface area contributed by atoms with Gasteiger partial charge in [-0.25, -0.2) is 19.9 Å². The maximum absolute atomic E-state index is 13.3. The summed E-state index contributed by atoms with van der Waals surface area (Å²) in [5.41, 5.74) is 2.55. The first kappa shape index (κ1) is 95.2. The predicted molar refractivity (Wildman–Crippen MR) is 510 cm³/mol. The standard InChI is InChI=1S/4C21H22N4O4S2.C2H6O/c4*1-13-5-9-23(10-6-13)18-14(19(28)24-8-3-2-4-16(24)22-18)12-15-20(29)25(21(30)31-15)11-7-17(26)27;1-2-3/h4*2-4,8,12-13H,5-7,9-11H2,1H3,(H,26,27);3H,2H2,1H3/b4*15-12-;. The lowest BCUT2D eigenvalue weighted by molar-refractivity contribution is -0.138. The Morgan fingerprint density at radius 1 is 0.346 bits per heavy atom. The fraction of sp³-hybridized carbons (Fsp3) is 0.395. The molecule has 127 heavy (non-hydrogen) atoms. The van der Waals surface area contributed by atoms with Crippen molar-refractivity contribution in [1.82, 2.24) is 57.1 Å². The number of carboxylic acids is 4. The van der Waals surface area contributed by atoms with E-state index in [0.29, 0.717) is 129 Å². The molecular weight excluding hydrogens is 1790 g/mol. The van der Waals surface area contributed by atoms with Crippen molar-refractivity contribution < 1.29 is 63.9 Å². The third-order valence-corrected chi connectivity index (χ3v) is 27.6. The average molecular weight is 1880 g/mol. The van der Waals surface area contributed by atoms with E-state index in [4.69, 9.17) is 94.3 Å². The van der Waals surface area contributed by atoms with Crippen LogP contribution in [0.1, 0.15) is 134 Å². The van der Waals surface area contributed by atoms with Crippen molar-refractivity contribution >= 4 is 231 Å². The third-order valence-electron chi connectivity index (χ3n) is 22.1. The first-order valence-electron chi connectivity index (χ1n) is 41.4. The fourth-order valence-corrected chi connectivity index (χ4v) is 20.0. The SMILES string of the molecule is CC1CCN(c2nc3ccccn3c(=O)c2/C=C2\SC(=S)N(CCC(=O)O)C2=O)CC1.CC1CCN(c2nc3ccccn3c(=O)c2/C=C2\SC(=S)N(CCC(=O)O)C2=O)CC1.CC1CCN(c2nc3ccccn3c(=O)c2/C=C2\SC(=S)N(CCC(=O)O)C2=O)CC1.CC1CCN(c2nc3ccccn3c(=O)c2/C=C2\SC(=S)N(CCC(=O)O)C2=O)CC1.CCO. The van der Waals surface area contributed by atoms with Gasteiger partial charge >= 0.3 is 23.9 Å². The first-order valence-corrected chi connectivity index (χ1v) is 46.3. The summed E-state index contributed by atoms with van der Waals surface area (Å²) in [7, 11) is 0. The van der Waals surface area contributed by atoms with Crippen LogP contribution in [0.25, 0.3) is 46.9 Å². The number of nitrogens with zero attached hydrogens (tertiary/aromatic N) is 16. The molecule has 0 radical (unpaired) electrons. The number of anilines is 4. The molecule has 0 saturated carbocycles.